The van der Waals surface area contributed by atoms with Crippen LogP contribution in [0.15, 0.2) is 49.1 Å². The number of halogens is 6. The third kappa shape index (κ3) is 6.15. The molecule has 0 amide bonds. The van der Waals surface area contributed by atoms with Crippen molar-refractivity contribution in [1.29, 1.82) is 0 Å². The molecule has 2 aromatic carbocycles. The van der Waals surface area contributed by atoms with E-state index in [9.17, 15) is 22.0 Å². The molecular formula is C33H36F6. The van der Waals surface area contributed by atoms with Gasteiger partial charge in [-0.15, -0.1) is 6.58 Å². The lowest BCUT2D eigenvalue weighted by atomic mass is 9.70. The van der Waals surface area contributed by atoms with Gasteiger partial charge in [-0.1, -0.05) is 24.3 Å². The Labute approximate surface area is 227 Å². The fourth-order valence-corrected chi connectivity index (χ4v) is 7.28. The maximum absolute atomic E-state index is 15.2. The minimum atomic E-state index is -5.05. The van der Waals surface area contributed by atoms with E-state index in [2.05, 4.69) is 18.7 Å². The van der Waals surface area contributed by atoms with Crippen molar-refractivity contribution in [2.45, 2.75) is 88.6 Å². The van der Waals surface area contributed by atoms with Crippen LogP contribution in [-0.4, -0.2) is 0 Å². The van der Waals surface area contributed by atoms with Crippen LogP contribution in [0.5, 0.6) is 0 Å². The Morgan fingerprint density at radius 1 is 0.692 bits per heavy atom. The normalized spacial score (nSPS) is 28.2. The quantitative estimate of drug-likeness (QED) is 0.258. The van der Waals surface area contributed by atoms with Crippen LogP contribution in [0.4, 0.5) is 26.3 Å². The summed E-state index contributed by atoms with van der Waals surface area (Å²) in [5, 5.41) is 0. The maximum Gasteiger partial charge on any atom is 0.422 e. The Balaban J connectivity index is 1.17. The molecule has 0 aromatic heterocycles. The zero-order valence-corrected chi connectivity index (χ0v) is 22.2. The van der Waals surface area contributed by atoms with E-state index in [0.717, 1.165) is 81.1 Å². The zero-order chi connectivity index (χ0) is 27.7. The van der Waals surface area contributed by atoms with Crippen LogP contribution in [0, 0.1) is 35.2 Å². The van der Waals surface area contributed by atoms with Gasteiger partial charge in [-0.05, 0) is 135 Å². The average molecular weight is 547 g/mol. The third-order valence-corrected chi connectivity index (χ3v) is 9.62. The summed E-state index contributed by atoms with van der Waals surface area (Å²) in [5.41, 5.74) is 1.36. The van der Waals surface area contributed by atoms with Gasteiger partial charge in [0.05, 0.1) is 0 Å². The highest BCUT2D eigenvalue weighted by Gasteiger charge is 2.39. The first kappa shape index (κ1) is 28.0. The maximum atomic E-state index is 15.2. The Bertz CT molecular complexity index is 1190. The Hall–Kier alpha value is -2.50. The molecule has 0 nitrogen and oxygen atoms in total. The largest absolute Gasteiger partial charge is 0.422 e. The van der Waals surface area contributed by atoms with E-state index in [0.29, 0.717) is 47.6 Å². The molecule has 210 valence electrons. The zero-order valence-electron chi connectivity index (χ0n) is 22.2. The van der Waals surface area contributed by atoms with E-state index in [1.54, 1.807) is 6.07 Å². The molecule has 0 spiro atoms. The van der Waals surface area contributed by atoms with Crippen molar-refractivity contribution in [3.05, 3.63) is 88.8 Å². The van der Waals surface area contributed by atoms with E-state index < -0.39 is 23.4 Å². The van der Waals surface area contributed by atoms with Gasteiger partial charge in [0.15, 0.2) is 0 Å². The molecule has 0 bridgehead atoms. The predicted molar refractivity (Wildman–Crippen MR) is 143 cm³/mol. The Kier molecular flexibility index (Phi) is 8.30. The molecule has 3 aliphatic carbocycles. The summed E-state index contributed by atoms with van der Waals surface area (Å²) in [6, 6.07) is 7.49. The number of allylic oxidation sites excluding steroid dienone is 3. The van der Waals surface area contributed by atoms with E-state index in [-0.39, 0.29) is 11.7 Å². The fourth-order valence-electron chi connectivity index (χ4n) is 7.28. The van der Waals surface area contributed by atoms with Crippen LogP contribution in [0.1, 0.15) is 105 Å². The van der Waals surface area contributed by atoms with E-state index in [1.807, 2.05) is 12.1 Å². The van der Waals surface area contributed by atoms with Crippen LogP contribution in [0.3, 0.4) is 0 Å². The molecule has 0 saturated heterocycles. The lowest BCUT2D eigenvalue weighted by molar-refractivity contribution is -0.142. The van der Waals surface area contributed by atoms with Crippen molar-refractivity contribution < 1.29 is 26.3 Å². The van der Waals surface area contributed by atoms with E-state index in [4.69, 9.17) is 0 Å². The highest BCUT2D eigenvalue weighted by Crippen LogP contribution is 2.45. The highest BCUT2D eigenvalue weighted by molar-refractivity contribution is 5.67. The lowest BCUT2D eigenvalue weighted by Gasteiger charge is -2.36. The number of rotatable bonds is 5. The first-order valence-electron chi connectivity index (χ1n) is 14.3. The van der Waals surface area contributed by atoms with E-state index in [1.165, 1.54) is 0 Å². The van der Waals surface area contributed by atoms with Crippen LogP contribution in [0.2, 0.25) is 0 Å². The third-order valence-electron chi connectivity index (χ3n) is 9.62. The summed E-state index contributed by atoms with van der Waals surface area (Å²) >= 11 is 0. The van der Waals surface area contributed by atoms with Crippen LogP contribution >= 0.6 is 0 Å². The summed E-state index contributed by atoms with van der Waals surface area (Å²) in [5.74, 6) is -1.42. The molecule has 0 aliphatic heterocycles. The van der Waals surface area contributed by atoms with Crippen molar-refractivity contribution in [2.75, 3.05) is 0 Å². The second-order valence-corrected chi connectivity index (χ2v) is 11.8. The molecule has 1 atom stereocenters. The lowest BCUT2D eigenvalue weighted by Crippen LogP contribution is -2.23. The highest BCUT2D eigenvalue weighted by atomic mass is 19.4. The molecule has 1 unspecified atom stereocenters. The van der Waals surface area contributed by atoms with Crippen LogP contribution in [-0.2, 0) is 6.18 Å². The van der Waals surface area contributed by atoms with Crippen molar-refractivity contribution in [3.63, 3.8) is 0 Å². The molecular weight excluding hydrogens is 510 g/mol. The molecule has 2 aromatic rings. The Morgan fingerprint density at radius 3 is 1.82 bits per heavy atom. The molecule has 39 heavy (non-hydrogen) atoms. The molecule has 0 N–H and O–H groups in total. The number of hydrogen-bond acceptors (Lipinski definition) is 0. The number of hydrogen-bond donors (Lipinski definition) is 0. The molecule has 5 rings (SSSR count). The van der Waals surface area contributed by atoms with Crippen molar-refractivity contribution in [2.24, 2.45) is 17.8 Å². The van der Waals surface area contributed by atoms with Crippen LogP contribution < -0.4 is 0 Å². The van der Waals surface area contributed by atoms with E-state index >= 15 is 4.39 Å². The monoisotopic (exact) mass is 546 g/mol. The average Bonchev–Trinajstić information content (AvgIpc) is 2.92. The van der Waals surface area contributed by atoms with Crippen molar-refractivity contribution in [3.8, 4) is 0 Å². The van der Waals surface area contributed by atoms with Gasteiger partial charge in [0.25, 0.3) is 0 Å². The minimum absolute atomic E-state index is 0.137. The minimum Gasteiger partial charge on any atom is -0.206 e. The molecule has 3 aliphatic rings. The second kappa shape index (κ2) is 11.5. The van der Waals surface area contributed by atoms with Gasteiger partial charge < -0.3 is 0 Å². The van der Waals surface area contributed by atoms with Gasteiger partial charge in [0.2, 0.25) is 0 Å². The number of alkyl halides is 3. The molecule has 6 heteroatoms. The predicted octanol–water partition coefficient (Wildman–Crippen LogP) is 10.7. The van der Waals surface area contributed by atoms with Gasteiger partial charge in [-0.2, -0.15) is 13.2 Å². The van der Waals surface area contributed by atoms with Crippen LogP contribution in [0.25, 0.3) is 5.57 Å². The smallest absolute Gasteiger partial charge is 0.206 e. The SMILES string of the molecule is C=CC1CCC(c2ccc(C3=CCC(C4CCC(c5cc(F)c(C(F)(F)F)c(F)c5)CC4)CC3)c(F)c2)CC1. The van der Waals surface area contributed by atoms with Gasteiger partial charge in [-0.25, -0.2) is 13.2 Å². The topological polar surface area (TPSA) is 0 Å². The van der Waals surface area contributed by atoms with Gasteiger partial charge in [0.1, 0.15) is 23.0 Å². The first-order chi connectivity index (χ1) is 18.6. The second-order valence-electron chi connectivity index (χ2n) is 11.8. The summed E-state index contributed by atoms with van der Waals surface area (Å²) < 4.78 is 82.1. The summed E-state index contributed by atoms with van der Waals surface area (Å²) in [6.07, 6.45) is 9.36. The van der Waals surface area contributed by atoms with Crippen molar-refractivity contribution in [1.82, 2.24) is 0 Å². The van der Waals surface area contributed by atoms with Crippen molar-refractivity contribution >= 4 is 5.57 Å². The molecule has 2 saturated carbocycles. The van der Waals surface area contributed by atoms with Gasteiger partial charge >= 0.3 is 6.18 Å². The van der Waals surface area contributed by atoms with Gasteiger partial charge in [-0.3, -0.25) is 0 Å². The molecule has 2 fully saturated rings. The van der Waals surface area contributed by atoms with Gasteiger partial charge in [0, 0.05) is 5.56 Å². The molecule has 0 radical (unpaired) electrons. The number of benzene rings is 2. The summed E-state index contributed by atoms with van der Waals surface area (Å²) in [7, 11) is 0. The Morgan fingerprint density at radius 2 is 1.28 bits per heavy atom. The molecule has 0 heterocycles. The summed E-state index contributed by atoms with van der Waals surface area (Å²) in [4.78, 5) is 0. The standard InChI is InChI=1S/C33H36F6/c1-2-20-3-5-23(6-4-20)26-15-16-28(29(34)17-26)25-13-11-22(12-14-25)21-7-9-24(10-8-21)27-18-30(35)32(31(36)19-27)33(37,38)39/h2,13,15-24H,1,3-12,14H2. The first-order valence-corrected chi connectivity index (χ1v) is 14.3. The summed E-state index contributed by atoms with van der Waals surface area (Å²) in [6.45, 7) is 3.90. The fraction of sp³-hybridized carbons (Fsp3) is 0.515.